The van der Waals surface area contributed by atoms with Crippen molar-refractivity contribution < 1.29 is 0 Å². The molecule has 3 heterocycles. The molecule has 0 saturated carbocycles. The summed E-state index contributed by atoms with van der Waals surface area (Å²) in [6, 6.07) is 5.14. The number of hydrogen-bond acceptors (Lipinski definition) is 4. The first-order chi connectivity index (χ1) is 7.86. The van der Waals surface area contributed by atoms with E-state index in [1.807, 2.05) is 0 Å². The molecule has 0 unspecified atom stereocenters. The molecular formula is C10H7N5O. The van der Waals surface area contributed by atoms with Crippen molar-refractivity contribution in [3.05, 3.63) is 47.3 Å². The second-order valence-corrected chi connectivity index (χ2v) is 3.22. The molecule has 6 heteroatoms. The van der Waals surface area contributed by atoms with Gasteiger partial charge in [0.15, 0.2) is 11.5 Å². The zero-order valence-corrected chi connectivity index (χ0v) is 8.16. The fourth-order valence-corrected chi connectivity index (χ4v) is 1.55. The summed E-state index contributed by atoms with van der Waals surface area (Å²) in [6.07, 6.45) is 4.66. The highest BCUT2D eigenvalue weighted by atomic mass is 16.1. The summed E-state index contributed by atoms with van der Waals surface area (Å²) in [6.45, 7) is 0. The molecule has 0 aliphatic heterocycles. The summed E-state index contributed by atoms with van der Waals surface area (Å²) in [4.78, 5) is 23.6. The highest BCUT2D eigenvalue weighted by molar-refractivity contribution is 5.75. The quantitative estimate of drug-likeness (QED) is 0.638. The van der Waals surface area contributed by atoms with Crippen molar-refractivity contribution >= 4 is 11.0 Å². The van der Waals surface area contributed by atoms with E-state index in [0.717, 1.165) is 0 Å². The molecule has 6 nitrogen and oxygen atoms in total. The van der Waals surface area contributed by atoms with Gasteiger partial charge in [0, 0.05) is 18.5 Å². The monoisotopic (exact) mass is 213 g/mol. The van der Waals surface area contributed by atoms with Crippen LogP contribution in [0, 0.1) is 0 Å². The molecule has 0 saturated heterocycles. The first-order valence-electron chi connectivity index (χ1n) is 4.68. The van der Waals surface area contributed by atoms with Crippen LogP contribution in [0.25, 0.3) is 16.9 Å². The van der Waals surface area contributed by atoms with Gasteiger partial charge in [0.2, 0.25) is 0 Å². The molecule has 16 heavy (non-hydrogen) atoms. The van der Waals surface area contributed by atoms with Gasteiger partial charge in [-0.25, -0.2) is 19.6 Å². The van der Waals surface area contributed by atoms with Gasteiger partial charge in [-0.3, -0.25) is 9.89 Å². The summed E-state index contributed by atoms with van der Waals surface area (Å²) in [5, 5.41) is 3.22. The van der Waals surface area contributed by atoms with Crippen LogP contribution in [0.1, 0.15) is 0 Å². The van der Waals surface area contributed by atoms with Gasteiger partial charge in [-0.2, -0.15) is 0 Å². The number of hydrogen-bond donors (Lipinski definition) is 1. The topological polar surface area (TPSA) is 76.5 Å². The second-order valence-electron chi connectivity index (χ2n) is 3.22. The highest BCUT2D eigenvalue weighted by Gasteiger charge is 2.08. The average molecular weight is 213 g/mol. The molecular weight excluding hydrogens is 206 g/mol. The number of aromatic nitrogens is 5. The normalized spacial score (nSPS) is 10.8. The first kappa shape index (κ1) is 8.78. The third-order valence-electron chi connectivity index (χ3n) is 2.25. The zero-order valence-electron chi connectivity index (χ0n) is 8.16. The number of nitrogens with zero attached hydrogens (tertiary/aromatic N) is 4. The predicted octanol–water partition coefficient (Wildman–Crippen LogP) is 0.504. The van der Waals surface area contributed by atoms with Gasteiger partial charge < -0.3 is 0 Å². The maximum absolute atomic E-state index is 11.6. The molecule has 0 radical (unpaired) electrons. The largest absolute Gasteiger partial charge is 0.274 e. The minimum Gasteiger partial charge on any atom is -0.267 e. The Bertz CT molecular complexity index is 685. The van der Waals surface area contributed by atoms with E-state index in [1.165, 1.54) is 6.33 Å². The molecule has 0 aliphatic carbocycles. The number of rotatable bonds is 1. The molecule has 3 aromatic rings. The van der Waals surface area contributed by atoms with Crippen LogP contribution in [0.2, 0.25) is 0 Å². The SMILES string of the molecule is O=c1[nH]n(-c2ccncn2)c2ncccc12. The van der Waals surface area contributed by atoms with Gasteiger partial charge in [0.05, 0.1) is 5.39 Å². The van der Waals surface area contributed by atoms with E-state index < -0.39 is 0 Å². The Morgan fingerprint density at radius 2 is 2.12 bits per heavy atom. The molecule has 78 valence electrons. The summed E-state index contributed by atoms with van der Waals surface area (Å²) < 4.78 is 1.54. The third-order valence-corrected chi connectivity index (χ3v) is 2.25. The molecule has 0 spiro atoms. The van der Waals surface area contributed by atoms with Crippen molar-refractivity contribution in [3.8, 4) is 5.82 Å². The van der Waals surface area contributed by atoms with E-state index in [-0.39, 0.29) is 5.56 Å². The van der Waals surface area contributed by atoms with Crippen molar-refractivity contribution in [2.24, 2.45) is 0 Å². The van der Waals surface area contributed by atoms with Crippen LogP contribution in [0.5, 0.6) is 0 Å². The van der Waals surface area contributed by atoms with Gasteiger partial charge in [-0.1, -0.05) is 0 Å². The van der Waals surface area contributed by atoms with E-state index in [1.54, 1.807) is 35.3 Å². The third kappa shape index (κ3) is 1.20. The highest BCUT2D eigenvalue weighted by Crippen LogP contribution is 2.09. The van der Waals surface area contributed by atoms with Crippen molar-refractivity contribution in [1.82, 2.24) is 24.7 Å². The maximum atomic E-state index is 11.6. The van der Waals surface area contributed by atoms with Crippen molar-refractivity contribution in [1.29, 1.82) is 0 Å². The van der Waals surface area contributed by atoms with Crippen molar-refractivity contribution in [2.75, 3.05) is 0 Å². The Morgan fingerprint density at radius 1 is 1.19 bits per heavy atom. The molecule has 1 N–H and O–H groups in total. The number of fused-ring (bicyclic) bond motifs is 1. The van der Waals surface area contributed by atoms with Crippen LogP contribution in [-0.2, 0) is 0 Å². The fraction of sp³-hybridized carbons (Fsp3) is 0. The van der Waals surface area contributed by atoms with Crippen LogP contribution in [0.4, 0.5) is 0 Å². The Balaban J connectivity index is 2.38. The lowest BCUT2D eigenvalue weighted by atomic mass is 10.3. The van der Waals surface area contributed by atoms with Gasteiger partial charge >= 0.3 is 0 Å². The van der Waals surface area contributed by atoms with Gasteiger partial charge in [-0.15, -0.1) is 0 Å². The van der Waals surface area contributed by atoms with Crippen LogP contribution in [0.15, 0.2) is 41.7 Å². The average Bonchev–Trinajstić information content (AvgIpc) is 2.69. The zero-order chi connectivity index (χ0) is 11.0. The van der Waals surface area contributed by atoms with Gasteiger partial charge in [0.1, 0.15) is 6.33 Å². The smallest absolute Gasteiger partial charge is 0.267 e. The molecule has 3 rings (SSSR count). The first-order valence-corrected chi connectivity index (χ1v) is 4.68. The van der Waals surface area contributed by atoms with Crippen LogP contribution >= 0.6 is 0 Å². The van der Waals surface area contributed by atoms with Gasteiger partial charge in [-0.05, 0) is 12.1 Å². The van der Waals surface area contributed by atoms with E-state index >= 15 is 0 Å². The molecule has 0 atom stereocenters. The minimum absolute atomic E-state index is 0.179. The Morgan fingerprint density at radius 3 is 2.94 bits per heavy atom. The summed E-state index contributed by atoms with van der Waals surface area (Å²) in [5.41, 5.74) is 0.382. The molecule has 0 bridgehead atoms. The summed E-state index contributed by atoms with van der Waals surface area (Å²) in [7, 11) is 0. The van der Waals surface area contributed by atoms with Crippen LogP contribution in [-0.4, -0.2) is 24.7 Å². The lowest BCUT2D eigenvalue weighted by Gasteiger charge is -2.00. The molecule has 0 aromatic carbocycles. The molecule has 0 amide bonds. The fourth-order valence-electron chi connectivity index (χ4n) is 1.55. The molecule has 3 aromatic heterocycles. The summed E-state index contributed by atoms with van der Waals surface area (Å²) in [5.74, 6) is 0.584. The van der Waals surface area contributed by atoms with Crippen LogP contribution < -0.4 is 5.56 Å². The van der Waals surface area contributed by atoms with E-state index in [2.05, 4.69) is 20.1 Å². The minimum atomic E-state index is -0.179. The molecule has 0 aliphatic rings. The second kappa shape index (κ2) is 3.27. The lowest BCUT2D eigenvalue weighted by molar-refractivity contribution is 0.841. The standard InChI is InChI=1S/C10H7N5O/c16-10-7-2-1-4-12-9(7)15(14-10)8-3-5-11-6-13-8/h1-6H,(H,14,16). The Kier molecular flexibility index (Phi) is 1.79. The summed E-state index contributed by atoms with van der Waals surface area (Å²) >= 11 is 0. The number of aromatic amines is 1. The van der Waals surface area contributed by atoms with Crippen LogP contribution in [0.3, 0.4) is 0 Å². The number of nitrogens with one attached hydrogen (secondary N) is 1. The van der Waals surface area contributed by atoms with Gasteiger partial charge in [0.25, 0.3) is 5.56 Å². The maximum Gasteiger partial charge on any atom is 0.274 e. The van der Waals surface area contributed by atoms with E-state index in [0.29, 0.717) is 16.9 Å². The predicted molar refractivity (Wildman–Crippen MR) is 57.3 cm³/mol. The Hall–Kier alpha value is -2.50. The Labute approximate surface area is 89.6 Å². The van der Waals surface area contributed by atoms with Crippen molar-refractivity contribution in [2.45, 2.75) is 0 Å². The number of pyridine rings is 1. The van der Waals surface area contributed by atoms with Crippen molar-refractivity contribution in [3.63, 3.8) is 0 Å². The van der Waals surface area contributed by atoms with E-state index in [4.69, 9.17) is 0 Å². The number of H-pyrrole nitrogens is 1. The lowest BCUT2D eigenvalue weighted by Crippen LogP contribution is -2.05. The van der Waals surface area contributed by atoms with E-state index in [9.17, 15) is 4.79 Å². The molecule has 0 fully saturated rings.